The van der Waals surface area contributed by atoms with Crippen molar-refractivity contribution in [1.29, 1.82) is 0 Å². The zero-order valence-corrected chi connectivity index (χ0v) is 61.2. The zero-order chi connectivity index (χ0) is 64.2. The molecule has 0 saturated heterocycles. The lowest BCUT2D eigenvalue weighted by atomic mass is 10.0. The number of hydrogen-bond donors (Lipinski definition) is 3. The van der Waals surface area contributed by atoms with Crippen LogP contribution in [-0.2, 0) is 14.3 Å². The van der Waals surface area contributed by atoms with Crippen molar-refractivity contribution in [2.45, 2.75) is 508 Å². The van der Waals surface area contributed by atoms with Crippen LogP contribution in [0.25, 0.3) is 0 Å². The summed E-state index contributed by atoms with van der Waals surface area (Å²) in [4.78, 5) is 24.6. The Labute approximate surface area is 559 Å². The highest BCUT2D eigenvalue weighted by Crippen LogP contribution is 2.21. The van der Waals surface area contributed by atoms with Crippen LogP contribution >= 0.6 is 0 Å². The fourth-order valence-corrected chi connectivity index (χ4v) is 13.8. The number of ether oxygens (including phenoxy) is 1. The molecule has 6 nitrogen and oxygen atoms in total. The van der Waals surface area contributed by atoms with Crippen molar-refractivity contribution >= 4 is 11.9 Å². The lowest BCUT2D eigenvalue weighted by Crippen LogP contribution is -2.45. The normalized spacial score (nSPS) is 12.4. The van der Waals surface area contributed by atoms with Gasteiger partial charge in [0.1, 0.15) is 0 Å². The number of hydrogen-bond acceptors (Lipinski definition) is 5. The van der Waals surface area contributed by atoms with E-state index in [0.717, 1.165) is 38.5 Å². The summed E-state index contributed by atoms with van der Waals surface area (Å²) in [5.74, 6) is 0.00474. The zero-order valence-electron chi connectivity index (χ0n) is 61.2. The minimum atomic E-state index is -0.660. The molecule has 2 atom stereocenters. The molecule has 532 valence electrons. The van der Waals surface area contributed by atoms with E-state index in [0.29, 0.717) is 25.9 Å². The summed E-state index contributed by atoms with van der Waals surface area (Å²) in [7, 11) is 0. The quantitative estimate of drug-likeness (QED) is 0.0417. The second-order valence-electron chi connectivity index (χ2n) is 29.2. The van der Waals surface area contributed by atoms with E-state index in [4.69, 9.17) is 4.74 Å². The molecular formula is C83H165NO5. The number of carbonyl (C=O) groups excluding carboxylic acids is 2. The van der Waals surface area contributed by atoms with Gasteiger partial charge in [-0.1, -0.05) is 457 Å². The van der Waals surface area contributed by atoms with E-state index in [2.05, 4.69) is 19.2 Å². The van der Waals surface area contributed by atoms with Gasteiger partial charge in [0, 0.05) is 12.8 Å². The van der Waals surface area contributed by atoms with Crippen LogP contribution in [0.1, 0.15) is 495 Å². The fourth-order valence-electron chi connectivity index (χ4n) is 13.8. The number of nitrogens with one attached hydrogen (secondary N) is 1. The minimum Gasteiger partial charge on any atom is -0.466 e. The predicted octanol–water partition coefficient (Wildman–Crippen LogP) is 27.7. The van der Waals surface area contributed by atoms with Gasteiger partial charge in [-0.3, -0.25) is 9.59 Å². The summed E-state index contributed by atoms with van der Waals surface area (Å²) in [6, 6.07) is -0.536. The number of esters is 1. The van der Waals surface area contributed by atoms with Crippen molar-refractivity contribution in [2.75, 3.05) is 13.2 Å². The number of unbranched alkanes of at least 4 members (excludes halogenated alkanes) is 69. The van der Waals surface area contributed by atoms with Crippen LogP contribution in [0.15, 0.2) is 0 Å². The Bertz CT molecular complexity index is 1310. The van der Waals surface area contributed by atoms with Crippen LogP contribution in [-0.4, -0.2) is 47.4 Å². The van der Waals surface area contributed by atoms with Crippen molar-refractivity contribution in [3.8, 4) is 0 Å². The van der Waals surface area contributed by atoms with Crippen LogP contribution < -0.4 is 5.32 Å². The van der Waals surface area contributed by atoms with E-state index in [-0.39, 0.29) is 18.5 Å². The topological polar surface area (TPSA) is 95.9 Å². The Morgan fingerprint density at radius 3 is 0.685 bits per heavy atom. The van der Waals surface area contributed by atoms with Crippen LogP contribution in [0.4, 0.5) is 0 Å². The molecule has 0 aromatic carbocycles. The molecule has 0 aliphatic carbocycles. The summed E-state index contributed by atoms with van der Waals surface area (Å²) < 4.78 is 5.51. The van der Waals surface area contributed by atoms with E-state index >= 15 is 0 Å². The van der Waals surface area contributed by atoms with Gasteiger partial charge in [-0.25, -0.2) is 0 Å². The van der Waals surface area contributed by atoms with Crippen LogP contribution in [0, 0.1) is 0 Å². The standard InChI is InChI=1S/C83H165NO5/c1-3-5-7-9-11-13-15-17-19-20-42-45-48-51-55-59-63-67-71-75-81(86)80(79-85)84-82(87)76-72-68-64-60-56-52-49-46-43-40-38-36-34-32-30-28-26-24-22-21-23-25-27-29-31-33-35-37-39-41-44-47-50-54-58-62-66-70-74-78-89-83(88)77-73-69-65-61-57-53-18-16-14-12-10-8-6-4-2/h80-81,85-86H,3-79H2,1-2H3,(H,84,87). The largest absolute Gasteiger partial charge is 0.466 e. The first-order valence-corrected chi connectivity index (χ1v) is 41.8. The first kappa shape index (κ1) is 87.9. The number of rotatable bonds is 80. The fraction of sp³-hybridized carbons (Fsp3) is 0.976. The molecule has 0 fully saturated rings. The highest BCUT2D eigenvalue weighted by molar-refractivity contribution is 5.76. The summed E-state index contributed by atoms with van der Waals surface area (Å²) in [5.41, 5.74) is 0. The molecule has 89 heavy (non-hydrogen) atoms. The monoisotopic (exact) mass is 1260 g/mol. The average molecular weight is 1260 g/mol. The lowest BCUT2D eigenvalue weighted by Gasteiger charge is -2.22. The highest BCUT2D eigenvalue weighted by atomic mass is 16.5. The second kappa shape index (κ2) is 79.3. The third kappa shape index (κ3) is 75.8. The molecule has 0 saturated carbocycles. The summed E-state index contributed by atoms with van der Waals surface area (Å²) in [5, 5.41) is 23.4. The molecule has 2 unspecified atom stereocenters. The van der Waals surface area contributed by atoms with Crippen molar-refractivity contribution in [1.82, 2.24) is 5.32 Å². The maximum Gasteiger partial charge on any atom is 0.305 e. The molecule has 0 aromatic heterocycles. The minimum absolute atomic E-state index is 0.0230. The molecule has 1 amide bonds. The molecule has 0 radical (unpaired) electrons. The molecular weight excluding hydrogens is 1090 g/mol. The molecule has 0 bridgehead atoms. The molecule has 0 aliphatic rings. The maximum atomic E-state index is 12.6. The number of aliphatic hydroxyl groups is 2. The summed E-state index contributed by atoms with van der Waals surface area (Å²) in [6.45, 7) is 5.02. The molecule has 0 aromatic rings. The Hall–Kier alpha value is -1.14. The van der Waals surface area contributed by atoms with Gasteiger partial charge in [0.05, 0.1) is 25.4 Å². The summed E-state index contributed by atoms with van der Waals surface area (Å²) >= 11 is 0. The van der Waals surface area contributed by atoms with Crippen LogP contribution in [0.5, 0.6) is 0 Å². The number of amides is 1. The van der Waals surface area contributed by atoms with Crippen molar-refractivity contribution in [3.63, 3.8) is 0 Å². The van der Waals surface area contributed by atoms with Crippen LogP contribution in [0.3, 0.4) is 0 Å². The number of carbonyl (C=O) groups is 2. The van der Waals surface area contributed by atoms with E-state index in [1.807, 2.05) is 0 Å². The first-order chi connectivity index (χ1) is 44.0. The molecule has 0 spiro atoms. The van der Waals surface area contributed by atoms with Gasteiger partial charge in [0.15, 0.2) is 0 Å². The second-order valence-corrected chi connectivity index (χ2v) is 29.2. The Morgan fingerprint density at radius 1 is 0.270 bits per heavy atom. The first-order valence-electron chi connectivity index (χ1n) is 41.8. The van der Waals surface area contributed by atoms with Gasteiger partial charge in [0.2, 0.25) is 5.91 Å². The van der Waals surface area contributed by atoms with Crippen molar-refractivity contribution < 1.29 is 24.5 Å². The van der Waals surface area contributed by atoms with Crippen molar-refractivity contribution in [3.05, 3.63) is 0 Å². The Kier molecular flexibility index (Phi) is 78.3. The average Bonchev–Trinajstić information content (AvgIpc) is 3.62. The van der Waals surface area contributed by atoms with Gasteiger partial charge >= 0.3 is 5.97 Å². The lowest BCUT2D eigenvalue weighted by molar-refractivity contribution is -0.143. The van der Waals surface area contributed by atoms with Gasteiger partial charge in [-0.15, -0.1) is 0 Å². The third-order valence-corrected chi connectivity index (χ3v) is 20.2. The molecule has 3 N–H and O–H groups in total. The van der Waals surface area contributed by atoms with Gasteiger partial charge in [-0.2, -0.15) is 0 Å². The third-order valence-electron chi connectivity index (χ3n) is 20.2. The highest BCUT2D eigenvalue weighted by Gasteiger charge is 2.20. The predicted molar refractivity (Wildman–Crippen MR) is 394 cm³/mol. The van der Waals surface area contributed by atoms with E-state index in [9.17, 15) is 19.8 Å². The molecule has 6 heteroatoms. The molecule has 0 heterocycles. The van der Waals surface area contributed by atoms with Gasteiger partial charge in [-0.05, 0) is 25.7 Å². The Balaban J connectivity index is 3.28. The SMILES string of the molecule is CCCCCCCCCCCCCCCCCCCCCC(O)C(CO)NC(=O)CCCCCCCCCCCCCCCCCCCCCCCCCCCCCCCCCCCCCCCCCOC(=O)CCCCCCCCCCCCCCCC. The molecule has 0 aliphatic heterocycles. The number of aliphatic hydroxyl groups excluding tert-OH is 2. The van der Waals surface area contributed by atoms with E-state index in [1.165, 1.54) is 424 Å². The van der Waals surface area contributed by atoms with E-state index < -0.39 is 12.1 Å². The van der Waals surface area contributed by atoms with Gasteiger partial charge in [0.25, 0.3) is 0 Å². The van der Waals surface area contributed by atoms with Crippen molar-refractivity contribution in [2.24, 2.45) is 0 Å². The Morgan fingerprint density at radius 2 is 0.461 bits per heavy atom. The van der Waals surface area contributed by atoms with Crippen LogP contribution in [0.2, 0.25) is 0 Å². The van der Waals surface area contributed by atoms with E-state index in [1.54, 1.807) is 0 Å². The summed E-state index contributed by atoms with van der Waals surface area (Å²) in [6.07, 6.45) is 99.4. The smallest absolute Gasteiger partial charge is 0.305 e. The van der Waals surface area contributed by atoms with Gasteiger partial charge < -0.3 is 20.3 Å². The maximum absolute atomic E-state index is 12.6. The molecule has 0 rings (SSSR count).